The molecule has 1 amide bonds. The summed E-state index contributed by atoms with van der Waals surface area (Å²) in [4.78, 5) is 19.5. The van der Waals surface area contributed by atoms with E-state index in [0.29, 0.717) is 18.1 Å². The molecular weight excluding hydrogens is 330 g/mol. The van der Waals surface area contributed by atoms with Crippen LogP contribution in [0.4, 0.5) is 0 Å². The van der Waals surface area contributed by atoms with E-state index in [1.165, 1.54) is 6.33 Å². The monoisotopic (exact) mass is 347 g/mol. The predicted molar refractivity (Wildman–Crippen MR) is 96.5 cm³/mol. The number of primary amides is 1. The van der Waals surface area contributed by atoms with Crippen molar-refractivity contribution in [3.8, 4) is 33.9 Å². The van der Waals surface area contributed by atoms with Gasteiger partial charge in [0.15, 0.2) is 6.10 Å². The molecule has 26 heavy (non-hydrogen) atoms. The van der Waals surface area contributed by atoms with Gasteiger partial charge in [-0.05, 0) is 42.3 Å². The van der Waals surface area contributed by atoms with Crippen molar-refractivity contribution in [3.05, 3.63) is 60.6 Å². The van der Waals surface area contributed by atoms with Crippen molar-refractivity contribution in [1.29, 1.82) is 0 Å². The molecule has 6 heteroatoms. The van der Waals surface area contributed by atoms with Gasteiger partial charge in [0.1, 0.15) is 24.4 Å². The van der Waals surface area contributed by atoms with Crippen molar-refractivity contribution in [2.24, 2.45) is 5.73 Å². The molecule has 0 saturated carbocycles. The number of carbonyl (C=O) groups excluding carboxylic acids is 1. The van der Waals surface area contributed by atoms with Crippen molar-refractivity contribution in [2.45, 2.75) is 19.6 Å². The Balaban J connectivity index is 1.71. The largest absolute Gasteiger partial charge is 0.488 e. The average Bonchev–Trinajstić information content (AvgIpc) is 2.67. The molecule has 3 aromatic rings. The molecule has 0 aliphatic carbocycles. The second-order valence-corrected chi connectivity index (χ2v) is 6.08. The molecule has 1 atom stereocenters. The first-order valence-electron chi connectivity index (χ1n) is 8.24. The lowest BCUT2D eigenvalue weighted by Crippen LogP contribution is -2.30. The normalized spacial score (nSPS) is 13.1. The van der Waals surface area contributed by atoms with E-state index in [2.05, 4.69) is 22.1 Å². The SMILES string of the molecule is C[C@H](Oc1ccc2c(c1)OCc1ccc(-c3ccncn3)cc1-2)C(N)=O. The zero-order valence-electron chi connectivity index (χ0n) is 14.2. The molecule has 2 aromatic carbocycles. The Bertz CT molecular complexity index is 973. The third-order valence-corrected chi connectivity index (χ3v) is 4.33. The topological polar surface area (TPSA) is 87.3 Å². The summed E-state index contributed by atoms with van der Waals surface area (Å²) in [7, 11) is 0. The van der Waals surface area contributed by atoms with E-state index < -0.39 is 12.0 Å². The third-order valence-electron chi connectivity index (χ3n) is 4.33. The van der Waals surface area contributed by atoms with Crippen LogP contribution < -0.4 is 15.2 Å². The highest BCUT2D eigenvalue weighted by atomic mass is 16.5. The van der Waals surface area contributed by atoms with Crippen LogP contribution in [0, 0.1) is 0 Å². The summed E-state index contributed by atoms with van der Waals surface area (Å²) < 4.78 is 11.4. The van der Waals surface area contributed by atoms with Crippen LogP contribution in [0.15, 0.2) is 55.0 Å². The number of rotatable bonds is 4. The van der Waals surface area contributed by atoms with Crippen LogP contribution >= 0.6 is 0 Å². The van der Waals surface area contributed by atoms with E-state index in [4.69, 9.17) is 15.2 Å². The lowest BCUT2D eigenvalue weighted by atomic mass is 9.94. The lowest BCUT2D eigenvalue weighted by Gasteiger charge is -2.22. The fourth-order valence-corrected chi connectivity index (χ4v) is 2.91. The molecule has 130 valence electrons. The van der Waals surface area contributed by atoms with Crippen molar-refractivity contribution >= 4 is 5.91 Å². The lowest BCUT2D eigenvalue weighted by molar-refractivity contribution is -0.123. The Morgan fingerprint density at radius 2 is 2.08 bits per heavy atom. The van der Waals surface area contributed by atoms with Crippen molar-refractivity contribution in [1.82, 2.24) is 9.97 Å². The van der Waals surface area contributed by atoms with Crippen LogP contribution in [-0.2, 0) is 11.4 Å². The number of nitrogens with two attached hydrogens (primary N) is 1. The number of nitrogens with zero attached hydrogens (tertiary/aromatic N) is 2. The van der Waals surface area contributed by atoms with Crippen molar-refractivity contribution in [3.63, 3.8) is 0 Å². The van der Waals surface area contributed by atoms with Crippen LogP contribution in [0.5, 0.6) is 11.5 Å². The van der Waals surface area contributed by atoms with E-state index in [1.807, 2.05) is 24.3 Å². The van der Waals surface area contributed by atoms with Crippen LogP contribution in [0.25, 0.3) is 22.4 Å². The van der Waals surface area contributed by atoms with Gasteiger partial charge in [-0.1, -0.05) is 12.1 Å². The number of aromatic nitrogens is 2. The van der Waals surface area contributed by atoms with Gasteiger partial charge in [0, 0.05) is 23.4 Å². The zero-order valence-corrected chi connectivity index (χ0v) is 14.2. The van der Waals surface area contributed by atoms with Crippen LogP contribution in [0.3, 0.4) is 0 Å². The minimum Gasteiger partial charge on any atom is -0.488 e. The Labute approximate surface area is 150 Å². The summed E-state index contributed by atoms with van der Waals surface area (Å²) in [5.74, 6) is 0.750. The number of hydrogen-bond acceptors (Lipinski definition) is 5. The first kappa shape index (κ1) is 16.1. The number of ether oxygens (including phenoxy) is 2. The van der Waals surface area contributed by atoms with Gasteiger partial charge >= 0.3 is 0 Å². The molecule has 4 rings (SSSR count). The zero-order chi connectivity index (χ0) is 18.1. The predicted octanol–water partition coefficient (Wildman–Crippen LogP) is 2.96. The van der Waals surface area contributed by atoms with E-state index in [0.717, 1.165) is 27.9 Å². The quantitative estimate of drug-likeness (QED) is 0.784. The van der Waals surface area contributed by atoms with Gasteiger partial charge in [-0.25, -0.2) is 9.97 Å². The second kappa shape index (κ2) is 6.48. The summed E-state index contributed by atoms with van der Waals surface area (Å²) in [6.07, 6.45) is 2.56. The highest BCUT2D eigenvalue weighted by molar-refractivity contribution is 5.80. The fourth-order valence-electron chi connectivity index (χ4n) is 2.91. The van der Waals surface area contributed by atoms with Crippen LogP contribution in [-0.4, -0.2) is 22.0 Å². The summed E-state index contributed by atoms with van der Waals surface area (Å²) in [6, 6.07) is 13.6. The number of hydrogen-bond donors (Lipinski definition) is 1. The summed E-state index contributed by atoms with van der Waals surface area (Å²) in [5, 5.41) is 0. The molecule has 1 aliphatic rings. The van der Waals surface area contributed by atoms with Gasteiger partial charge in [-0.2, -0.15) is 0 Å². The highest BCUT2D eigenvalue weighted by Crippen LogP contribution is 2.41. The maximum Gasteiger partial charge on any atom is 0.258 e. The van der Waals surface area contributed by atoms with Gasteiger partial charge in [0.2, 0.25) is 0 Å². The van der Waals surface area contributed by atoms with Gasteiger partial charge in [-0.3, -0.25) is 4.79 Å². The maximum absolute atomic E-state index is 11.2. The molecule has 0 unspecified atom stereocenters. The molecule has 0 bridgehead atoms. The van der Waals surface area contributed by atoms with Crippen molar-refractivity contribution in [2.75, 3.05) is 0 Å². The maximum atomic E-state index is 11.2. The van der Waals surface area contributed by atoms with E-state index in [1.54, 1.807) is 19.2 Å². The molecule has 2 N–H and O–H groups in total. The molecule has 0 radical (unpaired) electrons. The Morgan fingerprint density at radius 1 is 1.19 bits per heavy atom. The number of carbonyl (C=O) groups is 1. The fraction of sp³-hybridized carbons (Fsp3) is 0.150. The number of amides is 1. The van der Waals surface area contributed by atoms with Crippen LogP contribution in [0.2, 0.25) is 0 Å². The van der Waals surface area contributed by atoms with Gasteiger partial charge < -0.3 is 15.2 Å². The summed E-state index contributed by atoms with van der Waals surface area (Å²) >= 11 is 0. The van der Waals surface area contributed by atoms with E-state index >= 15 is 0 Å². The first-order valence-corrected chi connectivity index (χ1v) is 8.24. The van der Waals surface area contributed by atoms with E-state index in [-0.39, 0.29) is 0 Å². The number of benzene rings is 2. The standard InChI is InChI=1S/C20H17N3O3/c1-12(20(21)24)26-15-4-5-16-17-8-13(18-6-7-22-11-23-18)2-3-14(17)10-25-19(16)9-15/h2-9,11-12H,10H2,1H3,(H2,21,24)/t12-/m0/s1. The summed E-state index contributed by atoms with van der Waals surface area (Å²) in [6.45, 7) is 2.09. The number of fused-ring (bicyclic) bond motifs is 3. The molecule has 0 spiro atoms. The van der Waals surface area contributed by atoms with Gasteiger partial charge in [-0.15, -0.1) is 0 Å². The minimum atomic E-state index is -0.701. The molecule has 6 nitrogen and oxygen atoms in total. The Kier molecular flexibility index (Phi) is 4.01. The molecule has 0 saturated heterocycles. The third kappa shape index (κ3) is 2.97. The summed E-state index contributed by atoms with van der Waals surface area (Å²) in [5.41, 5.74) is 10.3. The van der Waals surface area contributed by atoms with Gasteiger partial charge in [0.05, 0.1) is 5.69 Å². The molecular formula is C20H17N3O3. The van der Waals surface area contributed by atoms with E-state index in [9.17, 15) is 4.79 Å². The van der Waals surface area contributed by atoms with Crippen LogP contribution in [0.1, 0.15) is 12.5 Å². The van der Waals surface area contributed by atoms with Gasteiger partial charge in [0.25, 0.3) is 5.91 Å². The second-order valence-electron chi connectivity index (χ2n) is 6.08. The molecule has 1 aromatic heterocycles. The van der Waals surface area contributed by atoms with Crippen molar-refractivity contribution < 1.29 is 14.3 Å². The first-order chi connectivity index (χ1) is 12.6. The minimum absolute atomic E-state index is 0.473. The average molecular weight is 347 g/mol. The molecule has 1 aliphatic heterocycles. The smallest absolute Gasteiger partial charge is 0.258 e. The highest BCUT2D eigenvalue weighted by Gasteiger charge is 2.20. The molecule has 2 heterocycles. The molecule has 0 fully saturated rings. The Hall–Kier alpha value is -3.41. The Morgan fingerprint density at radius 3 is 2.85 bits per heavy atom.